The van der Waals surface area contributed by atoms with Gasteiger partial charge in [0.05, 0.1) is 11.3 Å². The number of esters is 1. The lowest BCUT2D eigenvalue weighted by Gasteiger charge is -2.13. The highest BCUT2D eigenvalue weighted by Crippen LogP contribution is 2.12. The molecule has 1 aromatic heterocycles. The first kappa shape index (κ1) is 17.2. The first-order valence-corrected chi connectivity index (χ1v) is 7.64. The molecule has 132 valence electrons. The standard InChI is InChI=1S/C17H14FN5O3/c1-11(16(24)20-14-6-4-13(18)5-7-14)26-17(25)12-2-8-15(9-3-12)23-10-19-21-22-23/h2-11H,1H3,(H,20,24)/t11-/m1/s1. The molecule has 1 atom stereocenters. The number of benzene rings is 2. The van der Waals surface area contributed by atoms with Crippen LogP contribution in [0.2, 0.25) is 0 Å². The van der Waals surface area contributed by atoms with E-state index in [0.717, 1.165) is 0 Å². The monoisotopic (exact) mass is 355 g/mol. The molecule has 0 fully saturated rings. The number of carbonyl (C=O) groups excluding carboxylic acids is 2. The molecule has 0 bridgehead atoms. The number of rotatable bonds is 5. The number of ether oxygens (including phenoxy) is 1. The molecule has 26 heavy (non-hydrogen) atoms. The fourth-order valence-corrected chi connectivity index (χ4v) is 2.09. The van der Waals surface area contributed by atoms with Gasteiger partial charge in [0.25, 0.3) is 5.91 Å². The molecule has 0 spiro atoms. The van der Waals surface area contributed by atoms with E-state index >= 15 is 0 Å². The minimum Gasteiger partial charge on any atom is -0.449 e. The molecule has 8 nitrogen and oxygen atoms in total. The second-order valence-electron chi connectivity index (χ2n) is 5.34. The van der Waals surface area contributed by atoms with Gasteiger partial charge in [-0.15, -0.1) is 5.10 Å². The highest BCUT2D eigenvalue weighted by atomic mass is 19.1. The van der Waals surface area contributed by atoms with Crippen LogP contribution < -0.4 is 5.32 Å². The zero-order valence-electron chi connectivity index (χ0n) is 13.7. The van der Waals surface area contributed by atoms with Gasteiger partial charge in [0.1, 0.15) is 12.1 Å². The Morgan fingerprint density at radius 2 is 1.81 bits per heavy atom. The maximum atomic E-state index is 12.9. The number of anilines is 1. The van der Waals surface area contributed by atoms with Crippen LogP contribution in [0.15, 0.2) is 54.9 Å². The minimum atomic E-state index is -1.02. The van der Waals surface area contributed by atoms with Crippen LogP contribution in [0.5, 0.6) is 0 Å². The lowest BCUT2D eigenvalue weighted by molar-refractivity contribution is -0.123. The summed E-state index contributed by atoms with van der Waals surface area (Å²) in [5.74, 6) is -1.57. The maximum absolute atomic E-state index is 12.9. The average Bonchev–Trinajstić information content (AvgIpc) is 3.18. The topological polar surface area (TPSA) is 99.0 Å². The molecule has 0 aliphatic carbocycles. The van der Waals surface area contributed by atoms with Crippen LogP contribution >= 0.6 is 0 Å². The second kappa shape index (κ2) is 7.51. The van der Waals surface area contributed by atoms with E-state index in [0.29, 0.717) is 11.4 Å². The van der Waals surface area contributed by atoms with Crippen molar-refractivity contribution >= 4 is 17.6 Å². The van der Waals surface area contributed by atoms with Gasteiger partial charge < -0.3 is 10.1 Å². The van der Waals surface area contributed by atoms with Gasteiger partial charge in [0.15, 0.2) is 6.10 Å². The second-order valence-corrected chi connectivity index (χ2v) is 5.34. The third-order valence-corrected chi connectivity index (χ3v) is 3.48. The fraction of sp³-hybridized carbons (Fsp3) is 0.118. The molecule has 3 rings (SSSR count). The number of hydrogen-bond acceptors (Lipinski definition) is 6. The summed E-state index contributed by atoms with van der Waals surface area (Å²) < 4.78 is 19.5. The quantitative estimate of drug-likeness (QED) is 0.703. The van der Waals surface area contributed by atoms with E-state index in [4.69, 9.17) is 4.74 Å². The summed E-state index contributed by atoms with van der Waals surface area (Å²) in [6, 6.07) is 11.7. The molecular weight excluding hydrogens is 341 g/mol. The molecule has 0 unspecified atom stereocenters. The Labute approximate surface area is 147 Å². The number of hydrogen-bond donors (Lipinski definition) is 1. The van der Waals surface area contributed by atoms with E-state index < -0.39 is 23.8 Å². The third kappa shape index (κ3) is 4.07. The van der Waals surface area contributed by atoms with E-state index in [1.807, 2.05) is 0 Å². The number of halogens is 1. The number of aromatic nitrogens is 4. The van der Waals surface area contributed by atoms with Gasteiger partial charge in [-0.05, 0) is 65.9 Å². The molecule has 0 aliphatic heterocycles. The summed E-state index contributed by atoms with van der Waals surface area (Å²) in [5, 5.41) is 13.3. The van der Waals surface area contributed by atoms with Gasteiger partial charge >= 0.3 is 5.97 Å². The molecule has 1 heterocycles. The van der Waals surface area contributed by atoms with Crippen LogP contribution in [0, 0.1) is 5.82 Å². The van der Waals surface area contributed by atoms with Gasteiger partial charge in [-0.1, -0.05) is 0 Å². The maximum Gasteiger partial charge on any atom is 0.338 e. The van der Waals surface area contributed by atoms with Gasteiger partial charge in [-0.3, -0.25) is 4.79 Å². The summed E-state index contributed by atoms with van der Waals surface area (Å²) in [7, 11) is 0. The van der Waals surface area contributed by atoms with Gasteiger partial charge in [0.2, 0.25) is 0 Å². The first-order valence-electron chi connectivity index (χ1n) is 7.64. The van der Waals surface area contributed by atoms with Crippen molar-refractivity contribution in [1.29, 1.82) is 0 Å². The zero-order chi connectivity index (χ0) is 18.5. The SMILES string of the molecule is C[C@@H](OC(=O)c1ccc(-n2cnnn2)cc1)C(=O)Nc1ccc(F)cc1. The van der Waals surface area contributed by atoms with Crippen LogP contribution in [0.3, 0.4) is 0 Å². The van der Waals surface area contributed by atoms with Crippen molar-refractivity contribution in [2.45, 2.75) is 13.0 Å². The summed E-state index contributed by atoms with van der Waals surface area (Å²) in [5.41, 5.74) is 1.36. The number of tetrazole rings is 1. The van der Waals surface area contributed by atoms with Crippen molar-refractivity contribution in [2.75, 3.05) is 5.32 Å². The zero-order valence-corrected chi connectivity index (χ0v) is 13.7. The fourth-order valence-electron chi connectivity index (χ4n) is 2.09. The van der Waals surface area contributed by atoms with Crippen molar-refractivity contribution < 1.29 is 18.7 Å². The molecule has 3 aromatic rings. The molecule has 0 saturated carbocycles. The van der Waals surface area contributed by atoms with E-state index in [1.165, 1.54) is 42.2 Å². The summed E-state index contributed by atoms with van der Waals surface area (Å²) in [6.07, 6.45) is 0.404. The van der Waals surface area contributed by atoms with E-state index in [9.17, 15) is 14.0 Å². The molecule has 1 N–H and O–H groups in total. The number of nitrogens with one attached hydrogen (secondary N) is 1. The van der Waals surface area contributed by atoms with Gasteiger partial charge in [0, 0.05) is 5.69 Å². The summed E-state index contributed by atoms with van der Waals surface area (Å²) >= 11 is 0. The lowest BCUT2D eigenvalue weighted by atomic mass is 10.2. The Hall–Kier alpha value is -3.62. The van der Waals surface area contributed by atoms with Gasteiger partial charge in [-0.2, -0.15) is 0 Å². The van der Waals surface area contributed by atoms with Crippen LogP contribution in [0.4, 0.5) is 10.1 Å². The number of nitrogens with zero attached hydrogens (tertiary/aromatic N) is 4. The minimum absolute atomic E-state index is 0.281. The highest BCUT2D eigenvalue weighted by Gasteiger charge is 2.19. The van der Waals surface area contributed by atoms with E-state index in [1.54, 1.807) is 24.3 Å². The van der Waals surface area contributed by atoms with Crippen molar-refractivity contribution in [3.63, 3.8) is 0 Å². The predicted octanol–water partition coefficient (Wildman–Crippen LogP) is 1.99. The predicted molar refractivity (Wildman–Crippen MR) is 89.1 cm³/mol. The van der Waals surface area contributed by atoms with Crippen molar-refractivity contribution in [2.24, 2.45) is 0 Å². The van der Waals surface area contributed by atoms with Crippen LogP contribution in [-0.4, -0.2) is 38.2 Å². The Balaban J connectivity index is 1.59. The number of amides is 1. The normalized spacial score (nSPS) is 11.6. The summed E-state index contributed by atoms with van der Waals surface area (Å²) in [6.45, 7) is 1.45. The summed E-state index contributed by atoms with van der Waals surface area (Å²) in [4.78, 5) is 24.2. The third-order valence-electron chi connectivity index (χ3n) is 3.48. The Kier molecular flexibility index (Phi) is 4.97. The molecule has 9 heteroatoms. The van der Waals surface area contributed by atoms with Crippen LogP contribution in [0.1, 0.15) is 17.3 Å². The van der Waals surface area contributed by atoms with Crippen molar-refractivity contribution in [3.05, 3.63) is 66.2 Å². The number of carbonyl (C=O) groups is 2. The average molecular weight is 355 g/mol. The van der Waals surface area contributed by atoms with Crippen molar-refractivity contribution in [1.82, 2.24) is 20.2 Å². The lowest BCUT2D eigenvalue weighted by Crippen LogP contribution is -2.30. The molecule has 0 radical (unpaired) electrons. The Morgan fingerprint density at radius 1 is 1.12 bits per heavy atom. The molecule has 0 saturated heterocycles. The van der Waals surface area contributed by atoms with E-state index in [-0.39, 0.29) is 5.56 Å². The van der Waals surface area contributed by atoms with Crippen LogP contribution in [-0.2, 0) is 9.53 Å². The Morgan fingerprint density at radius 3 is 2.42 bits per heavy atom. The molecule has 2 aromatic carbocycles. The smallest absolute Gasteiger partial charge is 0.338 e. The first-order chi connectivity index (χ1) is 12.5. The van der Waals surface area contributed by atoms with Gasteiger partial charge in [-0.25, -0.2) is 13.9 Å². The molecule has 1 amide bonds. The molecular formula is C17H14FN5O3. The largest absolute Gasteiger partial charge is 0.449 e. The van der Waals surface area contributed by atoms with Crippen molar-refractivity contribution in [3.8, 4) is 5.69 Å². The Bertz CT molecular complexity index is 895. The van der Waals surface area contributed by atoms with Crippen LogP contribution in [0.25, 0.3) is 5.69 Å². The highest BCUT2D eigenvalue weighted by molar-refractivity contribution is 5.97. The molecule has 0 aliphatic rings. The van der Waals surface area contributed by atoms with E-state index in [2.05, 4.69) is 20.8 Å².